The van der Waals surface area contributed by atoms with Crippen LogP contribution in [0.15, 0.2) is 4.47 Å². The fraction of sp³-hybridized carbons (Fsp3) is 0.625. The summed E-state index contributed by atoms with van der Waals surface area (Å²) in [5, 5.41) is 12.7. The van der Waals surface area contributed by atoms with Gasteiger partial charge in [-0.25, -0.2) is 4.79 Å². The van der Waals surface area contributed by atoms with Crippen LogP contribution < -0.4 is 5.32 Å². The van der Waals surface area contributed by atoms with E-state index in [1.807, 2.05) is 0 Å². The number of ether oxygens (including phenoxy) is 1. The van der Waals surface area contributed by atoms with Crippen LogP contribution in [0.4, 0.5) is 4.79 Å². The number of carbonyl (C=O) groups excluding carboxylic acids is 1. The van der Waals surface area contributed by atoms with E-state index >= 15 is 0 Å². The summed E-state index contributed by atoms with van der Waals surface area (Å²) in [5.41, 5.74) is 1.07. The summed E-state index contributed by atoms with van der Waals surface area (Å²) in [6.07, 6.45) is 1.51. The topological polar surface area (TPSA) is 94.7 Å². The first-order valence-electron chi connectivity index (χ1n) is 8.30. The molecule has 1 aliphatic heterocycles. The highest BCUT2D eigenvalue weighted by molar-refractivity contribution is 9.10. The van der Waals surface area contributed by atoms with Crippen LogP contribution in [0.5, 0.6) is 0 Å². The number of rotatable bonds is 5. The molecule has 1 saturated heterocycles. The van der Waals surface area contributed by atoms with Gasteiger partial charge in [0.2, 0.25) is 0 Å². The van der Waals surface area contributed by atoms with Gasteiger partial charge in [0.05, 0.1) is 28.2 Å². The van der Waals surface area contributed by atoms with Crippen LogP contribution in [0.25, 0.3) is 0 Å². The molecule has 3 N–H and O–H groups in total. The number of nitrogens with zero attached hydrogens (tertiary/aromatic N) is 1. The molecule has 1 aromatic rings. The second-order valence-corrected chi connectivity index (χ2v) is 7.84. The number of piperidine rings is 1. The van der Waals surface area contributed by atoms with Crippen molar-refractivity contribution < 1.29 is 19.4 Å². The smallest absolute Gasteiger partial charge is 0.407 e. The van der Waals surface area contributed by atoms with Crippen molar-refractivity contribution in [3.8, 4) is 0 Å². The Morgan fingerprint density at radius 1 is 1.44 bits per heavy atom. The molecule has 1 aliphatic carbocycles. The van der Waals surface area contributed by atoms with E-state index < -0.39 is 6.09 Å². The Kier molecular flexibility index (Phi) is 5.60. The molecule has 1 aromatic heterocycles. The van der Waals surface area contributed by atoms with E-state index in [-0.39, 0.29) is 24.6 Å². The van der Waals surface area contributed by atoms with Crippen LogP contribution in [-0.4, -0.2) is 58.8 Å². The fourth-order valence-corrected chi connectivity index (χ4v) is 3.66. The minimum Gasteiger partial charge on any atom is -0.465 e. The zero-order valence-electron chi connectivity index (χ0n) is 13.8. The lowest BCUT2D eigenvalue weighted by atomic mass is 10.0. The third-order valence-corrected chi connectivity index (χ3v) is 6.16. The molecule has 2 aliphatic rings. The number of H-pyrrole nitrogens is 1. The van der Waals surface area contributed by atoms with Crippen LogP contribution in [-0.2, 0) is 4.74 Å². The van der Waals surface area contributed by atoms with Crippen molar-refractivity contribution in [3.63, 3.8) is 0 Å². The summed E-state index contributed by atoms with van der Waals surface area (Å²) in [6, 6.07) is -0.240. The zero-order valence-corrected chi connectivity index (χ0v) is 16.2. The molecule has 2 amide bonds. The van der Waals surface area contributed by atoms with E-state index in [9.17, 15) is 14.7 Å². The second kappa shape index (κ2) is 7.55. The number of carboxylic acid groups (broad SMARTS) is 1. The number of hydrogen-bond donors (Lipinski definition) is 3. The van der Waals surface area contributed by atoms with Gasteiger partial charge in [-0.3, -0.25) is 4.79 Å². The molecule has 0 unspecified atom stereocenters. The Bertz CT molecular complexity index is 677. The molecule has 25 heavy (non-hydrogen) atoms. The van der Waals surface area contributed by atoms with Gasteiger partial charge in [0.25, 0.3) is 5.91 Å². The number of aromatic amines is 1. The van der Waals surface area contributed by atoms with Crippen molar-refractivity contribution in [3.05, 3.63) is 20.9 Å². The van der Waals surface area contributed by atoms with Gasteiger partial charge >= 0.3 is 6.09 Å². The van der Waals surface area contributed by atoms with Gasteiger partial charge in [-0.2, -0.15) is 0 Å². The maximum absolute atomic E-state index is 12.6. The normalized spacial score (nSPS) is 23.6. The van der Waals surface area contributed by atoms with E-state index in [1.54, 1.807) is 6.92 Å². The summed E-state index contributed by atoms with van der Waals surface area (Å²) in [5.74, 6) is 0.284. The highest BCUT2D eigenvalue weighted by atomic mass is 79.9. The Hall–Kier alpha value is -1.25. The van der Waals surface area contributed by atoms with E-state index in [1.165, 1.54) is 4.90 Å². The number of aryl methyl sites for hydroxylation is 1. The molecule has 7 nitrogen and oxygen atoms in total. The van der Waals surface area contributed by atoms with Crippen molar-refractivity contribution in [2.75, 3.05) is 19.7 Å². The van der Waals surface area contributed by atoms with E-state index in [4.69, 9.17) is 16.3 Å². The zero-order chi connectivity index (χ0) is 18.1. The first-order chi connectivity index (χ1) is 11.9. The Labute approximate surface area is 159 Å². The summed E-state index contributed by atoms with van der Waals surface area (Å²) in [7, 11) is 0. The lowest BCUT2D eigenvalue weighted by Crippen LogP contribution is -2.56. The molecule has 138 valence electrons. The monoisotopic (exact) mass is 433 g/mol. The number of amides is 2. The largest absolute Gasteiger partial charge is 0.465 e. The average Bonchev–Trinajstić information content (AvgIpc) is 3.37. The lowest BCUT2D eigenvalue weighted by molar-refractivity contribution is -0.0206. The minimum absolute atomic E-state index is 0.240. The second-order valence-electron chi connectivity index (χ2n) is 6.67. The molecular formula is C16H21BrClN3O4. The molecule has 0 aromatic carbocycles. The van der Waals surface area contributed by atoms with Crippen LogP contribution in [0.2, 0.25) is 5.02 Å². The standard InChI is InChI=1S/C16H21BrClN3O4/c1-8-13(18)12(17)14(19-8)15(22)20-10-4-5-21(16(23)24)6-11(10)25-7-9-2-3-9/h9-11,19H,2-7H2,1H3,(H,20,22)(H,23,24)/t10-,11+/m1/s1. The lowest BCUT2D eigenvalue weighted by Gasteiger charge is -2.37. The Morgan fingerprint density at radius 3 is 2.72 bits per heavy atom. The van der Waals surface area contributed by atoms with Gasteiger partial charge in [0.1, 0.15) is 5.69 Å². The number of halogens is 2. The van der Waals surface area contributed by atoms with Gasteiger partial charge in [-0.15, -0.1) is 0 Å². The van der Waals surface area contributed by atoms with Crippen molar-refractivity contribution >= 4 is 39.5 Å². The molecule has 0 bridgehead atoms. The fourth-order valence-electron chi connectivity index (χ4n) is 2.94. The number of nitrogens with one attached hydrogen (secondary N) is 2. The van der Waals surface area contributed by atoms with Gasteiger partial charge in [-0.05, 0) is 48.0 Å². The maximum Gasteiger partial charge on any atom is 0.407 e. The molecular weight excluding hydrogens is 414 g/mol. The van der Waals surface area contributed by atoms with E-state index in [2.05, 4.69) is 26.2 Å². The Balaban J connectivity index is 1.68. The molecule has 1 saturated carbocycles. The van der Waals surface area contributed by atoms with Crippen molar-refractivity contribution in [2.24, 2.45) is 5.92 Å². The van der Waals surface area contributed by atoms with Crippen molar-refractivity contribution in [2.45, 2.75) is 38.3 Å². The quantitative estimate of drug-likeness (QED) is 0.664. The molecule has 0 radical (unpaired) electrons. The highest BCUT2D eigenvalue weighted by Gasteiger charge is 2.35. The Morgan fingerprint density at radius 2 is 2.16 bits per heavy atom. The molecule has 9 heteroatoms. The summed E-state index contributed by atoms with van der Waals surface area (Å²) in [4.78, 5) is 28.1. The molecule has 2 heterocycles. The predicted octanol–water partition coefficient (Wildman–Crippen LogP) is 3.02. The van der Waals surface area contributed by atoms with Crippen LogP contribution in [0, 0.1) is 12.8 Å². The molecule has 3 rings (SSSR count). The number of carbonyl (C=O) groups is 2. The van der Waals surface area contributed by atoms with E-state index in [0.717, 1.165) is 12.8 Å². The van der Waals surface area contributed by atoms with Gasteiger partial charge < -0.3 is 25.0 Å². The van der Waals surface area contributed by atoms with Gasteiger partial charge in [0, 0.05) is 18.8 Å². The first kappa shape index (κ1) is 18.5. The highest BCUT2D eigenvalue weighted by Crippen LogP contribution is 2.31. The van der Waals surface area contributed by atoms with E-state index in [0.29, 0.717) is 46.4 Å². The number of hydrogen-bond acceptors (Lipinski definition) is 3. The number of aromatic nitrogens is 1. The minimum atomic E-state index is -0.959. The number of likely N-dealkylation sites (tertiary alicyclic amines) is 1. The summed E-state index contributed by atoms with van der Waals surface area (Å²) in [6.45, 7) is 3.03. The molecule has 0 spiro atoms. The van der Waals surface area contributed by atoms with Crippen molar-refractivity contribution in [1.82, 2.24) is 15.2 Å². The summed E-state index contributed by atoms with van der Waals surface area (Å²) >= 11 is 9.43. The molecule has 2 atom stereocenters. The molecule has 2 fully saturated rings. The SMILES string of the molecule is Cc1[nH]c(C(=O)N[C@@H]2CCN(C(=O)O)C[C@@H]2OCC2CC2)c(Br)c1Cl. The maximum atomic E-state index is 12.6. The van der Waals surface area contributed by atoms with Crippen LogP contribution in [0.1, 0.15) is 35.4 Å². The van der Waals surface area contributed by atoms with Gasteiger partial charge in [0.15, 0.2) is 0 Å². The third-order valence-electron chi connectivity index (χ3n) is 4.67. The van der Waals surface area contributed by atoms with Gasteiger partial charge in [-0.1, -0.05) is 11.6 Å². The summed E-state index contributed by atoms with van der Waals surface area (Å²) < 4.78 is 6.46. The van der Waals surface area contributed by atoms with Crippen LogP contribution in [0.3, 0.4) is 0 Å². The predicted molar refractivity (Wildman–Crippen MR) is 96.2 cm³/mol. The third kappa shape index (κ3) is 4.30. The van der Waals surface area contributed by atoms with Crippen LogP contribution >= 0.6 is 27.5 Å². The average molecular weight is 435 g/mol. The van der Waals surface area contributed by atoms with Crippen molar-refractivity contribution in [1.29, 1.82) is 0 Å². The first-order valence-corrected chi connectivity index (χ1v) is 9.47.